The highest BCUT2D eigenvalue weighted by molar-refractivity contribution is 6.31. The third-order valence-corrected chi connectivity index (χ3v) is 2.18. The first-order chi connectivity index (χ1) is 5.61. The maximum Gasteiger partial charge on any atom is 0.0453 e. The summed E-state index contributed by atoms with van der Waals surface area (Å²) in [6.45, 7) is 3.00. The van der Waals surface area contributed by atoms with Crippen LogP contribution in [0.2, 0.25) is 5.02 Å². The lowest BCUT2D eigenvalue weighted by Gasteiger charge is -2.13. The highest BCUT2D eigenvalue weighted by Gasteiger charge is 2.03. The fourth-order valence-corrected chi connectivity index (χ4v) is 1.46. The lowest BCUT2D eigenvalue weighted by molar-refractivity contribution is 0.401. The van der Waals surface area contributed by atoms with E-state index in [1.165, 1.54) is 11.1 Å². The molecule has 0 aromatic heterocycles. The van der Waals surface area contributed by atoms with Gasteiger partial charge in [0, 0.05) is 11.6 Å². The lowest BCUT2D eigenvalue weighted by atomic mass is 10.1. The highest BCUT2D eigenvalue weighted by Crippen LogP contribution is 2.20. The van der Waals surface area contributed by atoms with Crippen molar-refractivity contribution in [2.45, 2.75) is 13.5 Å². The number of benzene rings is 1. The second-order valence-electron chi connectivity index (χ2n) is 3.27. The Labute approximate surface area is 79.0 Å². The normalized spacial score (nSPS) is 10.8. The third kappa shape index (κ3) is 2.23. The van der Waals surface area contributed by atoms with Gasteiger partial charge in [-0.3, -0.25) is 0 Å². The Balaban J connectivity index is 2.96. The Morgan fingerprint density at radius 1 is 1.33 bits per heavy atom. The number of hydrogen-bond donors (Lipinski definition) is 0. The van der Waals surface area contributed by atoms with Crippen LogP contribution in [0.4, 0.5) is 0 Å². The Bertz CT molecular complexity index is 248. The van der Waals surface area contributed by atoms with Gasteiger partial charge in [-0.05, 0) is 38.2 Å². The number of rotatable bonds is 2. The molecule has 0 bridgehead atoms. The van der Waals surface area contributed by atoms with Gasteiger partial charge in [0.15, 0.2) is 0 Å². The second kappa shape index (κ2) is 3.92. The van der Waals surface area contributed by atoms with Crippen LogP contribution in [0.15, 0.2) is 18.2 Å². The Morgan fingerprint density at radius 3 is 2.50 bits per heavy atom. The Hall–Kier alpha value is -0.530. The molecule has 0 aliphatic rings. The SMILES string of the molecule is Cc1cccc(Cl)c1CN(C)C. The van der Waals surface area contributed by atoms with Crippen LogP contribution in [0.1, 0.15) is 11.1 Å². The molecule has 0 atom stereocenters. The highest BCUT2D eigenvalue weighted by atomic mass is 35.5. The zero-order valence-corrected chi connectivity index (χ0v) is 8.52. The standard InChI is InChI=1S/C10H14ClN/c1-8-5-4-6-10(11)9(8)7-12(2)3/h4-6H,7H2,1-3H3. The zero-order chi connectivity index (χ0) is 9.14. The van der Waals surface area contributed by atoms with Gasteiger partial charge in [0.25, 0.3) is 0 Å². The molecular formula is C10H14ClN. The van der Waals surface area contributed by atoms with Crippen molar-refractivity contribution >= 4 is 11.6 Å². The van der Waals surface area contributed by atoms with Crippen molar-refractivity contribution in [3.05, 3.63) is 34.3 Å². The summed E-state index contributed by atoms with van der Waals surface area (Å²) in [5.74, 6) is 0. The van der Waals surface area contributed by atoms with Gasteiger partial charge in [-0.1, -0.05) is 23.7 Å². The Kier molecular flexibility index (Phi) is 3.12. The van der Waals surface area contributed by atoms with Crippen molar-refractivity contribution in [2.24, 2.45) is 0 Å². The molecule has 0 aliphatic carbocycles. The van der Waals surface area contributed by atoms with Gasteiger partial charge in [-0.25, -0.2) is 0 Å². The molecule has 0 spiro atoms. The smallest absolute Gasteiger partial charge is 0.0453 e. The average molecular weight is 184 g/mol. The molecule has 12 heavy (non-hydrogen) atoms. The van der Waals surface area contributed by atoms with E-state index in [0.29, 0.717) is 0 Å². The molecule has 0 saturated heterocycles. The van der Waals surface area contributed by atoms with E-state index in [-0.39, 0.29) is 0 Å². The second-order valence-corrected chi connectivity index (χ2v) is 3.68. The van der Waals surface area contributed by atoms with E-state index in [0.717, 1.165) is 11.6 Å². The van der Waals surface area contributed by atoms with Gasteiger partial charge < -0.3 is 4.90 Å². The number of halogens is 1. The molecule has 1 aromatic rings. The maximum absolute atomic E-state index is 6.05. The number of aryl methyl sites for hydroxylation is 1. The topological polar surface area (TPSA) is 3.24 Å². The summed E-state index contributed by atoms with van der Waals surface area (Å²) in [6.07, 6.45) is 0. The summed E-state index contributed by atoms with van der Waals surface area (Å²) in [5.41, 5.74) is 2.49. The largest absolute Gasteiger partial charge is 0.305 e. The van der Waals surface area contributed by atoms with Crippen molar-refractivity contribution < 1.29 is 0 Å². The molecule has 0 amide bonds. The summed E-state index contributed by atoms with van der Waals surface area (Å²) in [4.78, 5) is 2.12. The molecule has 0 fully saturated rings. The van der Waals surface area contributed by atoms with Crippen molar-refractivity contribution in [3.8, 4) is 0 Å². The summed E-state index contributed by atoms with van der Waals surface area (Å²) in [6, 6.07) is 6.01. The van der Waals surface area contributed by atoms with Gasteiger partial charge >= 0.3 is 0 Å². The minimum Gasteiger partial charge on any atom is -0.305 e. The predicted molar refractivity (Wildman–Crippen MR) is 53.6 cm³/mol. The molecule has 0 N–H and O–H groups in total. The number of nitrogens with zero attached hydrogens (tertiary/aromatic N) is 1. The third-order valence-electron chi connectivity index (χ3n) is 1.83. The van der Waals surface area contributed by atoms with Gasteiger partial charge in [-0.2, -0.15) is 0 Å². The molecule has 1 nitrogen and oxygen atoms in total. The van der Waals surface area contributed by atoms with E-state index in [9.17, 15) is 0 Å². The summed E-state index contributed by atoms with van der Waals surface area (Å²) in [5, 5.41) is 0.865. The molecule has 2 heteroatoms. The summed E-state index contributed by atoms with van der Waals surface area (Å²) < 4.78 is 0. The molecule has 0 aliphatic heterocycles. The average Bonchev–Trinajstić information content (AvgIpc) is 1.97. The predicted octanol–water partition coefficient (Wildman–Crippen LogP) is 2.71. The van der Waals surface area contributed by atoms with E-state index in [1.54, 1.807) is 0 Å². The first kappa shape index (κ1) is 9.56. The van der Waals surface area contributed by atoms with E-state index in [4.69, 9.17) is 11.6 Å². The van der Waals surface area contributed by atoms with Crippen molar-refractivity contribution in [1.82, 2.24) is 4.90 Å². The molecule has 0 heterocycles. The van der Waals surface area contributed by atoms with Crippen LogP contribution in [0, 0.1) is 6.92 Å². The molecular weight excluding hydrogens is 170 g/mol. The van der Waals surface area contributed by atoms with Crippen molar-refractivity contribution in [3.63, 3.8) is 0 Å². The first-order valence-electron chi connectivity index (χ1n) is 4.00. The molecule has 66 valence electrons. The van der Waals surface area contributed by atoms with Crippen molar-refractivity contribution in [2.75, 3.05) is 14.1 Å². The summed E-state index contributed by atoms with van der Waals surface area (Å²) in [7, 11) is 4.09. The molecule has 0 unspecified atom stereocenters. The van der Waals surface area contributed by atoms with E-state index in [2.05, 4.69) is 17.9 Å². The molecule has 0 saturated carbocycles. The lowest BCUT2D eigenvalue weighted by Crippen LogP contribution is -2.11. The van der Waals surface area contributed by atoms with Crippen LogP contribution in [0.5, 0.6) is 0 Å². The quantitative estimate of drug-likeness (QED) is 0.682. The zero-order valence-electron chi connectivity index (χ0n) is 7.76. The van der Waals surface area contributed by atoms with Crippen LogP contribution >= 0.6 is 11.6 Å². The van der Waals surface area contributed by atoms with Crippen molar-refractivity contribution in [1.29, 1.82) is 0 Å². The van der Waals surface area contributed by atoms with E-state index in [1.807, 2.05) is 26.2 Å². The fraction of sp³-hybridized carbons (Fsp3) is 0.400. The van der Waals surface area contributed by atoms with Crippen LogP contribution < -0.4 is 0 Å². The monoisotopic (exact) mass is 183 g/mol. The summed E-state index contributed by atoms with van der Waals surface area (Å²) >= 11 is 6.05. The number of hydrogen-bond acceptors (Lipinski definition) is 1. The Morgan fingerprint density at radius 2 is 2.00 bits per heavy atom. The van der Waals surface area contributed by atoms with Crippen LogP contribution in [-0.4, -0.2) is 19.0 Å². The van der Waals surface area contributed by atoms with Gasteiger partial charge in [0.05, 0.1) is 0 Å². The van der Waals surface area contributed by atoms with Gasteiger partial charge in [0.1, 0.15) is 0 Å². The minimum absolute atomic E-state index is 0.865. The maximum atomic E-state index is 6.05. The first-order valence-corrected chi connectivity index (χ1v) is 4.38. The van der Waals surface area contributed by atoms with Crippen LogP contribution in [-0.2, 0) is 6.54 Å². The molecule has 1 aromatic carbocycles. The van der Waals surface area contributed by atoms with Gasteiger partial charge in [0.2, 0.25) is 0 Å². The van der Waals surface area contributed by atoms with Crippen LogP contribution in [0.3, 0.4) is 0 Å². The minimum atomic E-state index is 0.865. The fourth-order valence-electron chi connectivity index (χ4n) is 1.18. The van der Waals surface area contributed by atoms with Crippen LogP contribution in [0.25, 0.3) is 0 Å². The van der Waals surface area contributed by atoms with E-state index < -0.39 is 0 Å². The van der Waals surface area contributed by atoms with E-state index >= 15 is 0 Å². The van der Waals surface area contributed by atoms with Gasteiger partial charge in [-0.15, -0.1) is 0 Å². The molecule has 1 rings (SSSR count). The molecule has 0 radical (unpaired) electrons.